The molecule has 0 aromatic heterocycles. The van der Waals surface area contributed by atoms with Gasteiger partial charge in [-0.15, -0.1) is 0 Å². The molecule has 4 heteroatoms. The molecule has 0 atom stereocenters. The van der Waals surface area contributed by atoms with Crippen LogP contribution < -0.4 is 0 Å². The van der Waals surface area contributed by atoms with Crippen LogP contribution >= 0.6 is 0 Å². The summed E-state index contributed by atoms with van der Waals surface area (Å²) in [6.45, 7) is 4.19. The number of nitrogens with zero attached hydrogens (tertiary/aromatic N) is 1. The second kappa shape index (κ2) is 6.64. The lowest BCUT2D eigenvalue weighted by Crippen LogP contribution is -1.96. The summed E-state index contributed by atoms with van der Waals surface area (Å²) in [5, 5.41) is 12.0. The second-order valence-electron chi connectivity index (χ2n) is 2.72. The van der Waals surface area contributed by atoms with Gasteiger partial charge in [-0.1, -0.05) is 5.16 Å². The second-order valence-corrected chi connectivity index (χ2v) is 2.72. The summed E-state index contributed by atoms with van der Waals surface area (Å²) in [4.78, 5) is 14.9. The van der Waals surface area contributed by atoms with Crippen LogP contribution in [0, 0.1) is 0 Å². The Morgan fingerprint density at radius 2 is 2.08 bits per heavy atom. The van der Waals surface area contributed by atoms with E-state index in [2.05, 4.69) is 5.16 Å². The third-order valence-electron chi connectivity index (χ3n) is 1.12. The molecule has 0 aliphatic rings. The molecule has 0 rings (SSSR count). The Labute approximate surface area is 72.2 Å². The van der Waals surface area contributed by atoms with Crippen LogP contribution in [0.4, 0.5) is 0 Å². The van der Waals surface area contributed by atoms with Crippen molar-refractivity contribution in [3.05, 3.63) is 0 Å². The number of carboxylic acids is 1. The van der Waals surface area contributed by atoms with E-state index in [1.807, 2.05) is 13.8 Å². The fraction of sp³-hybridized carbons (Fsp3) is 0.750. The highest BCUT2D eigenvalue weighted by Gasteiger charge is 1.95. The Bertz CT molecular complexity index is 162. The Hall–Kier alpha value is -1.06. The number of hydrogen-bond acceptors (Lipinski definition) is 3. The predicted octanol–water partition coefficient (Wildman–Crippen LogP) is 1.65. The van der Waals surface area contributed by atoms with Crippen LogP contribution in [0.3, 0.4) is 0 Å². The minimum atomic E-state index is -0.759. The lowest BCUT2D eigenvalue weighted by Gasteiger charge is -1.97. The summed E-state index contributed by atoms with van der Waals surface area (Å²) in [5.41, 5.74) is 0.869. The van der Waals surface area contributed by atoms with Crippen LogP contribution in [0.5, 0.6) is 0 Å². The van der Waals surface area contributed by atoms with Gasteiger partial charge in [0.05, 0.1) is 5.71 Å². The molecule has 0 aromatic rings. The van der Waals surface area contributed by atoms with Crippen molar-refractivity contribution in [3.63, 3.8) is 0 Å². The van der Waals surface area contributed by atoms with Crippen LogP contribution in [0.1, 0.15) is 33.1 Å². The molecule has 0 aliphatic heterocycles. The van der Waals surface area contributed by atoms with Crippen molar-refractivity contribution >= 4 is 11.7 Å². The average Bonchev–Trinajstić information content (AvgIpc) is 1.95. The third-order valence-corrected chi connectivity index (χ3v) is 1.12. The fourth-order valence-corrected chi connectivity index (χ4v) is 0.618. The number of carbonyl (C=O) groups is 1. The zero-order chi connectivity index (χ0) is 9.40. The van der Waals surface area contributed by atoms with Crippen LogP contribution in [0.15, 0.2) is 5.16 Å². The number of oxime groups is 1. The first-order chi connectivity index (χ1) is 5.63. The Morgan fingerprint density at radius 3 is 2.58 bits per heavy atom. The first-order valence-electron chi connectivity index (χ1n) is 3.98. The highest BCUT2D eigenvalue weighted by atomic mass is 16.6. The van der Waals surface area contributed by atoms with Gasteiger partial charge in [-0.3, -0.25) is 4.79 Å². The van der Waals surface area contributed by atoms with Crippen molar-refractivity contribution < 1.29 is 14.7 Å². The van der Waals surface area contributed by atoms with Crippen molar-refractivity contribution in [2.75, 3.05) is 6.61 Å². The standard InChI is InChI=1S/C8H15NO3/c1-7(2)9-12-6-4-3-5-8(10)11/h3-6H2,1-2H3,(H,10,11). The topological polar surface area (TPSA) is 58.9 Å². The van der Waals surface area contributed by atoms with E-state index in [1.54, 1.807) is 0 Å². The first-order valence-corrected chi connectivity index (χ1v) is 3.98. The highest BCUT2D eigenvalue weighted by molar-refractivity contribution is 5.78. The van der Waals surface area contributed by atoms with Gasteiger partial charge in [-0.2, -0.15) is 0 Å². The molecule has 0 unspecified atom stereocenters. The molecule has 0 amide bonds. The smallest absolute Gasteiger partial charge is 0.303 e. The van der Waals surface area contributed by atoms with Gasteiger partial charge < -0.3 is 9.94 Å². The van der Waals surface area contributed by atoms with Crippen molar-refractivity contribution in [1.82, 2.24) is 0 Å². The first kappa shape index (κ1) is 10.9. The SMILES string of the molecule is CC(C)=NOCCCCC(=O)O. The van der Waals surface area contributed by atoms with Crippen LogP contribution in [0.2, 0.25) is 0 Å². The lowest BCUT2D eigenvalue weighted by atomic mass is 10.2. The molecule has 0 saturated carbocycles. The van der Waals surface area contributed by atoms with Crippen molar-refractivity contribution in [1.29, 1.82) is 0 Å². The molecule has 0 aromatic carbocycles. The maximum atomic E-state index is 10.1. The number of rotatable bonds is 6. The molecule has 70 valence electrons. The van der Waals surface area contributed by atoms with Crippen LogP contribution in [-0.2, 0) is 9.63 Å². The van der Waals surface area contributed by atoms with E-state index in [-0.39, 0.29) is 6.42 Å². The van der Waals surface area contributed by atoms with E-state index in [0.29, 0.717) is 13.0 Å². The third kappa shape index (κ3) is 8.94. The normalized spacial score (nSPS) is 9.17. The van der Waals surface area contributed by atoms with Gasteiger partial charge in [0.25, 0.3) is 0 Å². The molecule has 0 aliphatic carbocycles. The average molecular weight is 173 g/mol. The Balaban J connectivity index is 3.11. The summed E-state index contributed by atoms with van der Waals surface area (Å²) >= 11 is 0. The lowest BCUT2D eigenvalue weighted by molar-refractivity contribution is -0.137. The van der Waals surface area contributed by atoms with Gasteiger partial charge in [-0.05, 0) is 26.7 Å². The molecular formula is C8H15NO3. The molecule has 0 saturated heterocycles. The quantitative estimate of drug-likeness (QED) is 0.377. The molecule has 4 nitrogen and oxygen atoms in total. The predicted molar refractivity (Wildman–Crippen MR) is 46.2 cm³/mol. The highest BCUT2D eigenvalue weighted by Crippen LogP contribution is 1.95. The summed E-state index contributed by atoms with van der Waals surface area (Å²) in [6, 6.07) is 0. The minimum Gasteiger partial charge on any atom is -0.481 e. The molecular weight excluding hydrogens is 158 g/mol. The number of aliphatic carboxylic acids is 1. The van der Waals surface area contributed by atoms with Crippen LogP contribution in [0.25, 0.3) is 0 Å². The van der Waals surface area contributed by atoms with Crippen LogP contribution in [-0.4, -0.2) is 23.4 Å². The number of unbranched alkanes of at least 4 members (excludes halogenated alkanes) is 1. The van der Waals surface area contributed by atoms with E-state index >= 15 is 0 Å². The molecule has 12 heavy (non-hydrogen) atoms. The molecule has 0 fully saturated rings. The van der Waals surface area contributed by atoms with Crippen molar-refractivity contribution in [3.8, 4) is 0 Å². The maximum Gasteiger partial charge on any atom is 0.303 e. The van der Waals surface area contributed by atoms with Crippen molar-refractivity contribution in [2.24, 2.45) is 5.16 Å². The number of hydrogen-bond donors (Lipinski definition) is 1. The van der Waals surface area contributed by atoms with E-state index in [1.165, 1.54) is 0 Å². The van der Waals surface area contributed by atoms with Gasteiger partial charge in [0, 0.05) is 6.42 Å². The van der Waals surface area contributed by atoms with Crippen molar-refractivity contribution in [2.45, 2.75) is 33.1 Å². The van der Waals surface area contributed by atoms with Gasteiger partial charge >= 0.3 is 5.97 Å². The zero-order valence-electron chi connectivity index (χ0n) is 7.54. The van der Waals surface area contributed by atoms with E-state index < -0.39 is 5.97 Å². The van der Waals surface area contributed by atoms with Gasteiger partial charge in [0.2, 0.25) is 0 Å². The fourth-order valence-electron chi connectivity index (χ4n) is 0.618. The zero-order valence-corrected chi connectivity index (χ0v) is 7.54. The Kier molecular flexibility index (Phi) is 6.05. The summed E-state index contributed by atoms with van der Waals surface area (Å²) in [5.74, 6) is -0.759. The van der Waals surface area contributed by atoms with E-state index in [9.17, 15) is 4.79 Å². The summed E-state index contributed by atoms with van der Waals surface area (Å²) < 4.78 is 0. The monoisotopic (exact) mass is 173 g/mol. The minimum absolute atomic E-state index is 0.207. The summed E-state index contributed by atoms with van der Waals surface area (Å²) in [7, 11) is 0. The molecule has 0 radical (unpaired) electrons. The molecule has 1 N–H and O–H groups in total. The molecule has 0 bridgehead atoms. The van der Waals surface area contributed by atoms with Gasteiger partial charge in [-0.25, -0.2) is 0 Å². The Morgan fingerprint density at radius 1 is 1.42 bits per heavy atom. The largest absolute Gasteiger partial charge is 0.481 e. The maximum absolute atomic E-state index is 10.1. The van der Waals surface area contributed by atoms with E-state index in [0.717, 1.165) is 12.1 Å². The van der Waals surface area contributed by atoms with Gasteiger partial charge in [0.1, 0.15) is 6.61 Å². The van der Waals surface area contributed by atoms with Gasteiger partial charge in [0.15, 0.2) is 0 Å². The molecule has 0 heterocycles. The number of carboxylic acid groups (broad SMARTS) is 1. The summed E-state index contributed by atoms with van der Waals surface area (Å²) in [6.07, 6.45) is 1.59. The molecule has 0 spiro atoms. The van der Waals surface area contributed by atoms with E-state index in [4.69, 9.17) is 9.94 Å².